The SMILES string of the molecule is C[Si]1(c2ccc([Si]3(C)CCC3)cc2)CCC1. The van der Waals surface area contributed by atoms with Crippen molar-refractivity contribution in [3.05, 3.63) is 24.3 Å². The second-order valence-corrected chi connectivity index (χ2v) is 15.8. The summed E-state index contributed by atoms with van der Waals surface area (Å²) in [6, 6.07) is 16.0. The van der Waals surface area contributed by atoms with Crippen LogP contribution in [0.25, 0.3) is 0 Å². The van der Waals surface area contributed by atoms with Gasteiger partial charge in [-0.2, -0.15) is 0 Å². The fraction of sp³-hybridized carbons (Fsp3) is 0.571. The molecule has 2 saturated heterocycles. The summed E-state index contributed by atoms with van der Waals surface area (Å²) >= 11 is 0. The molecule has 2 heterocycles. The molecule has 0 N–H and O–H groups in total. The topological polar surface area (TPSA) is 0 Å². The van der Waals surface area contributed by atoms with Gasteiger partial charge in [-0.05, 0) is 0 Å². The van der Waals surface area contributed by atoms with Gasteiger partial charge in [-0.25, -0.2) is 0 Å². The Morgan fingerprint density at radius 3 is 1.19 bits per heavy atom. The molecular formula is C14H22Si2. The summed E-state index contributed by atoms with van der Waals surface area (Å²) in [5.41, 5.74) is 0. The molecule has 2 fully saturated rings. The Morgan fingerprint density at radius 1 is 0.688 bits per heavy atom. The number of hydrogen-bond acceptors (Lipinski definition) is 0. The number of benzene rings is 1. The fourth-order valence-electron chi connectivity index (χ4n) is 3.27. The van der Waals surface area contributed by atoms with Gasteiger partial charge in [0.05, 0.1) is 16.1 Å². The summed E-state index contributed by atoms with van der Waals surface area (Å²) in [7, 11) is -1.86. The molecule has 1 aromatic carbocycles. The Balaban J connectivity index is 1.85. The van der Waals surface area contributed by atoms with Gasteiger partial charge < -0.3 is 0 Å². The van der Waals surface area contributed by atoms with Gasteiger partial charge in [-0.3, -0.25) is 0 Å². The van der Waals surface area contributed by atoms with Gasteiger partial charge in [0.25, 0.3) is 0 Å². The van der Waals surface area contributed by atoms with E-state index in [1.807, 2.05) is 0 Å². The maximum atomic E-state index is 2.56. The van der Waals surface area contributed by atoms with E-state index in [0.717, 1.165) is 0 Å². The van der Waals surface area contributed by atoms with Crippen molar-refractivity contribution in [3.63, 3.8) is 0 Å². The normalized spacial score (nSPS) is 25.6. The van der Waals surface area contributed by atoms with E-state index in [9.17, 15) is 0 Å². The Kier molecular flexibility index (Phi) is 2.41. The highest BCUT2D eigenvalue weighted by Gasteiger charge is 2.38. The summed E-state index contributed by atoms with van der Waals surface area (Å²) in [6.45, 7) is 5.13. The van der Waals surface area contributed by atoms with Crippen LogP contribution in [0.1, 0.15) is 12.8 Å². The van der Waals surface area contributed by atoms with Crippen LogP contribution in [0, 0.1) is 0 Å². The Labute approximate surface area is 101 Å². The van der Waals surface area contributed by atoms with Crippen molar-refractivity contribution in [2.75, 3.05) is 0 Å². The van der Waals surface area contributed by atoms with Crippen LogP contribution < -0.4 is 10.4 Å². The molecule has 0 unspecified atom stereocenters. The molecule has 0 aromatic heterocycles. The lowest BCUT2D eigenvalue weighted by molar-refractivity contribution is 0.915. The first-order valence-corrected chi connectivity index (χ1v) is 12.6. The summed E-state index contributed by atoms with van der Waals surface area (Å²) < 4.78 is 0. The third kappa shape index (κ3) is 1.54. The standard InChI is InChI=1S/C14H22Si2/c1-15(9-3-10-15)13-5-7-14(8-6-13)16(2)11-4-12-16/h5-8H,3-4,9-12H2,1-2H3. The Hall–Kier alpha value is -0.346. The highest BCUT2D eigenvalue weighted by molar-refractivity contribution is 6.94. The van der Waals surface area contributed by atoms with E-state index < -0.39 is 16.1 Å². The van der Waals surface area contributed by atoms with Gasteiger partial charge in [-0.1, -0.05) is 84.8 Å². The second kappa shape index (κ2) is 3.57. The molecule has 0 spiro atoms. The van der Waals surface area contributed by atoms with Crippen molar-refractivity contribution < 1.29 is 0 Å². The second-order valence-electron chi connectivity index (χ2n) is 6.41. The van der Waals surface area contributed by atoms with E-state index in [-0.39, 0.29) is 0 Å². The number of hydrogen-bond donors (Lipinski definition) is 0. The first-order valence-electron chi connectivity index (χ1n) is 6.74. The van der Waals surface area contributed by atoms with Gasteiger partial charge >= 0.3 is 0 Å². The van der Waals surface area contributed by atoms with Crippen molar-refractivity contribution in [2.24, 2.45) is 0 Å². The molecule has 2 aliphatic rings. The van der Waals surface area contributed by atoms with Crippen LogP contribution in [-0.4, -0.2) is 16.1 Å². The van der Waals surface area contributed by atoms with Crippen molar-refractivity contribution >= 4 is 26.5 Å². The molecule has 0 bridgehead atoms. The van der Waals surface area contributed by atoms with E-state index >= 15 is 0 Å². The largest absolute Gasteiger partial charge is 0.0836 e. The van der Waals surface area contributed by atoms with E-state index in [1.165, 1.54) is 37.0 Å². The van der Waals surface area contributed by atoms with Crippen LogP contribution in [0.3, 0.4) is 0 Å². The van der Waals surface area contributed by atoms with Gasteiger partial charge in [0, 0.05) is 0 Å². The zero-order valence-electron chi connectivity index (χ0n) is 10.6. The van der Waals surface area contributed by atoms with Crippen LogP contribution in [0.2, 0.25) is 37.3 Å². The van der Waals surface area contributed by atoms with Crippen molar-refractivity contribution in [1.29, 1.82) is 0 Å². The lowest BCUT2D eigenvalue weighted by Crippen LogP contribution is -2.53. The minimum absolute atomic E-state index is 0.932. The van der Waals surface area contributed by atoms with E-state index in [4.69, 9.17) is 0 Å². The maximum absolute atomic E-state index is 2.56. The first kappa shape index (κ1) is 10.8. The lowest BCUT2D eigenvalue weighted by Gasteiger charge is -2.39. The Morgan fingerprint density at radius 2 is 1.00 bits per heavy atom. The van der Waals surface area contributed by atoms with Crippen molar-refractivity contribution in [1.82, 2.24) is 0 Å². The summed E-state index contributed by atoms with van der Waals surface area (Å²) in [6.07, 6.45) is 2.97. The van der Waals surface area contributed by atoms with Crippen molar-refractivity contribution in [2.45, 2.75) is 50.1 Å². The van der Waals surface area contributed by atoms with E-state index in [0.29, 0.717) is 0 Å². The molecule has 3 rings (SSSR count). The molecule has 0 radical (unpaired) electrons. The van der Waals surface area contributed by atoms with Crippen LogP contribution in [0.5, 0.6) is 0 Å². The lowest BCUT2D eigenvalue weighted by atomic mass is 10.4. The molecule has 86 valence electrons. The average molecular weight is 247 g/mol. The molecule has 0 amide bonds. The zero-order valence-corrected chi connectivity index (χ0v) is 12.6. The monoisotopic (exact) mass is 246 g/mol. The number of rotatable bonds is 2. The summed E-state index contributed by atoms with van der Waals surface area (Å²) in [5.74, 6) is 0. The van der Waals surface area contributed by atoms with Gasteiger partial charge in [0.1, 0.15) is 0 Å². The van der Waals surface area contributed by atoms with Crippen LogP contribution in [-0.2, 0) is 0 Å². The summed E-state index contributed by atoms with van der Waals surface area (Å²) in [5, 5.41) is 3.44. The van der Waals surface area contributed by atoms with Gasteiger partial charge in [0.15, 0.2) is 0 Å². The van der Waals surface area contributed by atoms with Crippen molar-refractivity contribution in [3.8, 4) is 0 Å². The van der Waals surface area contributed by atoms with E-state index in [1.54, 1.807) is 10.4 Å². The predicted octanol–water partition coefficient (Wildman–Crippen LogP) is 3.07. The molecular weight excluding hydrogens is 224 g/mol. The zero-order chi connectivity index (χ0) is 11.2. The highest BCUT2D eigenvalue weighted by atomic mass is 28.3. The fourth-order valence-corrected chi connectivity index (χ4v) is 9.19. The summed E-state index contributed by atoms with van der Waals surface area (Å²) in [4.78, 5) is 0. The minimum atomic E-state index is -0.932. The molecule has 0 nitrogen and oxygen atoms in total. The third-order valence-electron chi connectivity index (χ3n) is 5.19. The molecule has 0 saturated carbocycles. The molecule has 16 heavy (non-hydrogen) atoms. The van der Waals surface area contributed by atoms with E-state index in [2.05, 4.69) is 37.4 Å². The third-order valence-corrected chi connectivity index (χ3v) is 14.5. The predicted molar refractivity (Wildman–Crippen MR) is 77.4 cm³/mol. The maximum Gasteiger partial charge on any atom is 0.0836 e. The molecule has 2 heteroatoms. The molecule has 0 atom stereocenters. The molecule has 2 aliphatic heterocycles. The quantitative estimate of drug-likeness (QED) is 0.704. The first-order chi connectivity index (χ1) is 7.62. The smallest absolute Gasteiger partial charge is 0.0652 e. The van der Waals surface area contributed by atoms with Crippen LogP contribution in [0.4, 0.5) is 0 Å². The highest BCUT2D eigenvalue weighted by Crippen LogP contribution is 2.33. The van der Waals surface area contributed by atoms with Gasteiger partial charge in [0.2, 0.25) is 0 Å². The minimum Gasteiger partial charge on any atom is -0.0652 e. The van der Waals surface area contributed by atoms with Crippen LogP contribution in [0.15, 0.2) is 24.3 Å². The molecule has 1 aromatic rings. The molecule has 0 aliphatic carbocycles. The van der Waals surface area contributed by atoms with Gasteiger partial charge in [-0.15, -0.1) is 0 Å². The van der Waals surface area contributed by atoms with Crippen LogP contribution >= 0.6 is 0 Å². The average Bonchev–Trinajstić information content (AvgIpc) is 2.23. The Bertz CT molecular complexity index is 347.